The summed E-state index contributed by atoms with van der Waals surface area (Å²) < 4.78 is 4.17. The number of amides is 1. The normalized spacial score (nSPS) is 11.0. The first-order valence-electron chi connectivity index (χ1n) is 9.55. The molecule has 0 saturated carbocycles. The Hall–Kier alpha value is -3.10. The van der Waals surface area contributed by atoms with Crippen LogP contribution in [0.3, 0.4) is 0 Å². The molecule has 8 heteroatoms. The summed E-state index contributed by atoms with van der Waals surface area (Å²) in [6.07, 6.45) is 0.805. The monoisotopic (exact) mass is 436 g/mol. The standard InChI is InChI=1S/C22H20N4O2S2/c1-3-15-9-7-8-12-17(15)24-18(27)13-25-14(2)23-20-19(21(25)28)30-22(29)26(20)16-10-5-4-6-11-16/h4-12H,3,13H2,1-2H3,(H,24,27). The fraction of sp³-hybridized carbons (Fsp3) is 0.182. The van der Waals surface area contributed by atoms with Crippen LogP contribution in [0.2, 0.25) is 0 Å². The van der Waals surface area contributed by atoms with Crippen molar-refractivity contribution in [3.05, 3.63) is 80.3 Å². The van der Waals surface area contributed by atoms with E-state index in [4.69, 9.17) is 12.2 Å². The third-order valence-electron chi connectivity index (χ3n) is 4.87. The van der Waals surface area contributed by atoms with E-state index >= 15 is 0 Å². The molecule has 6 nitrogen and oxygen atoms in total. The first-order valence-corrected chi connectivity index (χ1v) is 10.8. The number of benzene rings is 2. The first-order chi connectivity index (χ1) is 14.5. The second-order valence-electron chi connectivity index (χ2n) is 6.80. The molecule has 1 N–H and O–H groups in total. The summed E-state index contributed by atoms with van der Waals surface area (Å²) >= 11 is 6.71. The predicted molar refractivity (Wildman–Crippen MR) is 123 cm³/mol. The van der Waals surface area contributed by atoms with E-state index in [0.717, 1.165) is 23.4 Å². The topological polar surface area (TPSA) is 68.9 Å². The number of rotatable bonds is 5. The molecular weight excluding hydrogens is 416 g/mol. The number of carbonyl (C=O) groups is 1. The van der Waals surface area contributed by atoms with Gasteiger partial charge in [-0.2, -0.15) is 0 Å². The van der Waals surface area contributed by atoms with Gasteiger partial charge in [-0.15, -0.1) is 0 Å². The van der Waals surface area contributed by atoms with Gasteiger partial charge in [-0.25, -0.2) is 4.98 Å². The lowest BCUT2D eigenvalue weighted by molar-refractivity contribution is -0.116. The minimum absolute atomic E-state index is 0.109. The Morgan fingerprint density at radius 3 is 2.57 bits per heavy atom. The van der Waals surface area contributed by atoms with Gasteiger partial charge >= 0.3 is 0 Å². The number of hydrogen-bond acceptors (Lipinski definition) is 5. The first kappa shape index (κ1) is 20.2. The molecule has 30 heavy (non-hydrogen) atoms. The Kier molecular flexibility index (Phi) is 5.61. The summed E-state index contributed by atoms with van der Waals surface area (Å²) in [5.41, 5.74) is 2.91. The molecule has 1 amide bonds. The average molecular weight is 437 g/mol. The van der Waals surface area contributed by atoms with Crippen LogP contribution in [0.1, 0.15) is 18.3 Å². The number of fused-ring (bicyclic) bond motifs is 1. The molecule has 2 aromatic carbocycles. The molecule has 4 rings (SSSR count). The van der Waals surface area contributed by atoms with Crippen LogP contribution in [0, 0.1) is 10.9 Å². The summed E-state index contributed by atoms with van der Waals surface area (Å²) in [5, 5.41) is 2.91. The van der Waals surface area contributed by atoms with Crippen LogP contribution in [0.4, 0.5) is 5.69 Å². The SMILES string of the molecule is CCc1ccccc1NC(=O)Cn1c(C)nc2c(sc(=S)n2-c2ccccc2)c1=O. The van der Waals surface area contributed by atoms with Gasteiger partial charge < -0.3 is 5.32 Å². The van der Waals surface area contributed by atoms with Crippen LogP contribution < -0.4 is 10.9 Å². The number of aromatic nitrogens is 3. The van der Waals surface area contributed by atoms with Gasteiger partial charge in [0.2, 0.25) is 5.91 Å². The third kappa shape index (κ3) is 3.71. The summed E-state index contributed by atoms with van der Waals surface area (Å²) in [5.74, 6) is 0.192. The van der Waals surface area contributed by atoms with E-state index in [1.807, 2.05) is 61.5 Å². The van der Waals surface area contributed by atoms with Crippen molar-refractivity contribution in [1.29, 1.82) is 0 Å². The molecule has 2 heterocycles. The Balaban J connectivity index is 1.72. The van der Waals surface area contributed by atoms with Crippen molar-refractivity contribution in [3.8, 4) is 5.69 Å². The lowest BCUT2D eigenvalue weighted by Gasteiger charge is -2.12. The Morgan fingerprint density at radius 2 is 1.83 bits per heavy atom. The molecule has 0 atom stereocenters. The number of para-hydroxylation sites is 2. The Bertz CT molecular complexity index is 1350. The zero-order chi connectivity index (χ0) is 21.3. The van der Waals surface area contributed by atoms with E-state index in [2.05, 4.69) is 10.3 Å². The van der Waals surface area contributed by atoms with E-state index in [-0.39, 0.29) is 18.0 Å². The van der Waals surface area contributed by atoms with Crippen LogP contribution in [-0.2, 0) is 17.8 Å². The highest BCUT2D eigenvalue weighted by Crippen LogP contribution is 2.23. The molecule has 0 saturated heterocycles. The van der Waals surface area contributed by atoms with Crippen molar-refractivity contribution in [2.75, 3.05) is 5.32 Å². The van der Waals surface area contributed by atoms with E-state index in [1.54, 1.807) is 11.5 Å². The van der Waals surface area contributed by atoms with Crippen molar-refractivity contribution >= 4 is 45.5 Å². The van der Waals surface area contributed by atoms with Crippen LogP contribution in [0.15, 0.2) is 59.4 Å². The molecule has 0 unspecified atom stereocenters. The molecule has 4 aromatic rings. The molecule has 0 aliphatic rings. The lowest BCUT2D eigenvalue weighted by atomic mass is 10.1. The minimum atomic E-state index is -0.270. The van der Waals surface area contributed by atoms with Gasteiger partial charge in [0.15, 0.2) is 9.60 Å². The van der Waals surface area contributed by atoms with Crippen LogP contribution in [0.5, 0.6) is 0 Å². The van der Waals surface area contributed by atoms with Gasteiger partial charge in [-0.1, -0.05) is 54.7 Å². The van der Waals surface area contributed by atoms with Gasteiger partial charge in [-0.3, -0.25) is 18.7 Å². The molecule has 0 aliphatic carbocycles. The molecule has 0 fully saturated rings. The number of nitrogens with one attached hydrogen (secondary N) is 1. The zero-order valence-corrected chi connectivity index (χ0v) is 18.2. The van der Waals surface area contributed by atoms with Crippen molar-refractivity contribution in [2.24, 2.45) is 0 Å². The maximum atomic E-state index is 13.2. The zero-order valence-electron chi connectivity index (χ0n) is 16.6. The maximum absolute atomic E-state index is 13.2. The average Bonchev–Trinajstić information content (AvgIpc) is 3.08. The van der Waals surface area contributed by atoms with Crippen molar-refractivity contribution in [3.63, 3.8) is 0 Å². The predicted octanol–water partition coefficient (Wildman–Crippen LogP) is 4.49. The number of thiazole rings is 1. The summed E-state index contributed by atoms with van der Waals surface area (Å²) in [4.78, 5) is 30.4. The molecule has 2 aromatic heterocycles. The smallest absolute Gasteiger partial charge is 0.273 e. The summed E-state index contributed by atoms with van der Waals surface area (Å²) in [6, 6.07) is 17.2. The fourth-order valence-electron chi connectivity index (χ4n) is 3.36. The van der Waals surface area contributed by atoms with Gasteiger partial charge in [0.05, 0.1) is 0 Å². The fourth-order valence-corrected chi connectivity index (χ4v) is 4.69. The lowest BCUT2D eigenvalue weighted by Crippen LogP contribution is -2.30. The molecule has 0 spiro atoms. The van der Waals surface area contributed by atoms with Crippen molar-refractivity contribution in [1.82, 2.24) is 14.1 Å². The molecule has 0 radical (unpaired) electrons. The molecule has 152 valence electrons. The van der Waals surface area contributed by atoms with Crippen LogP contribution >= 0.6 is 23.6 Å². The number of nitrogens with zero attached hydrogens (tertiary/aromatic N) is 3. The number of hydrogen-bond donors (Lipinski definition) is 1. The van der Waals surface area contributed by atoms with E-state index in [9.17, 15) is 9.59 Å². The van der Waals surface area contributed by atoms with Crippen molar-refractivity contribution < 1.29 is 4.79 Å². The third-order valence-corrected chi connectivity index (χ3v) is 6.22. The molecule has 0 bridgehead atoms. The van der Waals surface area contributed by atoms with Gasteiger partial charge in [-0.05, 0) is 49.3 Å². The summed E-state index contributed by atoms with van der Waals surface area (Å²) in [6.45, 7) is 3.65. The van der Waals surface area contributed by atoms with Crippen LogP contribution in [0.25, 0.3) is 16.0 Å². The van der Waals surface area contributed by atoms with E-state index in [0.29, 0.717) is 20.1 Å². The van der Waals surface area contributed by atoms with E-state index in [1.165, 1.54) is 15.9 Å². The van der Waals surface area contributed by atoms with E-state index < -0.39 is 0 Å². The quantitative estimate of drug-likeness (QED) is 0.468. The van der Waals surface area contributed by atoms with Crippen molar-refractivity contribution in [2.45, 2.75) is 26.8 Å². The highest BCUT2D eigenvalue weighted by Gasteiger charge is 2.17. The molecular formula is C22H20N4O2S2. The van der Waals surface area contributed by atoms with Gasteiger partial charge in [0.25, 0.3) is 5.56 Å². The van der Waals surface area contributed by atoms with Crippen LogP contribution in [-0.4, -0.2) is 20.0 Å². The maximum Gasteiger partial charge on any atom is 0.273 e. The minimum Gasteiger partial charge on any atom is -0.324 e. The Morgan fingerprint density at radius 1 is 1.13 bits per heavy atom. The number of carbonyl (C=O) groups excluding carboxylic acids is 1. The second kappa shape index (κ2) is 8.33. The van der Waals surface area contributed by atoms with Gasteiger partial charge in [0.1, 0.15) is 17.1 Å². The number of anilines is 1. The second-order valence-corrected chi connectivity index (χ2v) is 8.45. The highest BCUT2D eigenvalue weighted by molar-refractivity contribution is 7.73. The Labute approximate surface area is 182 Å². The molecule has 0 aliphatic heterocycles. The summed E-state index contributed by atoms with van der Waals surface area (Å²) in [7, 11) is 0. The number of aryl methyl sites for hydroxylation is 2. The van der Waals surface area contributed by atoms with Gasteiger partial charge in [0, 0.05) is 11.4 Å². The highest BCUT2D eigenvalue weighted by atomic mass is 32.1. The largest absolute Gasteiger partial charge is 0.324 e.